The first-order valence-electron chi connectivity index (χ1n) is 6.86. The molecule has 1 amide bonds. The number of piperidine rings is 1. The fourth-order valence-electron chi connectivity index (χ4n) is 2.51. The number of rotatable bonds is 4. The number of likely N-dealkylation sites (tertiary alicyclic amines) is 1. The second-order valence-electron chi connectivity index (χ2n) is 5.81. The molecule has 0 aliphatic carbocycles. The van der Waals surface area contributed by atoms with E-state index in [0.29, 0.717) is 38.0 Å². The molecule has 0 atom stereocenters. The van der Waals surface area contributed by atoms with Crippen molar-refractivity contribution in [2.75, 3.05) is 13.1 Å². The van der Waals surface area contributed by atoms with E-state index in [4.69, 9.17) is 5.73 Å². The normalized spacial score (nSPS) is 18.4. The van der Waals surface area contributed by atoms with E-state index >= 15 is 0 Å². The first-order chi connectivity index (χ1) is 9.82. The third kappa shape index (κ3) is 3.39. The number of primary amides is 1. The van der Waals surface area contributed by atoms with Gasteiger partial charge in [0.15, 0.2) is 0 Å². The van der Waals surface area contributed by atoms with Crippen LogP contribution in [0.3, 0.4) is 0 Å². The van der Waals surface area contributed by atoms with Gasteiger partial charge in [0.2, 0.25) is 5.91 Å². The highest BCUT2D eigenvalue weighted by atomic mass is 19.1. The molecule has 0 unspecified atom stereocenters. The Hall–Kier alpha value is -1.95. The molecule has 1 aromatic carbocycles. The Morgan fingerprint density at radius 3 is 2.52 bits per heavy atom. The summed E-state index contributed by atoms with van der Waals surface area (Å²) in [5, 5.41) is 9.19. The van der Waals surface area contributed by atoms with Gasteiger partial charge in [0.25, 0.3) is 0 Å². The predicted octanol–water partition coefficient (Wildman–Crippen LogP) is 1.61. The number of carbonyl (C=O) groups is 2. The van der Waals surface area contributed by atoms with Crippen LogP contribution in [-0.2, 0) is 11.3 Å². The first kappa shape index (κ1) is 15.4. The number of halogens is 1. The summed E-state index contributed by atoms with van der Waals surface area (Å²) in [4.78, 5) is 24.3. The minimum atomic E-state index is -0.788. The standard InChI is InChI=1S/C15H19FN2O3/c1-15(14(20)21)4-6-18(7-5-15)9-11-8-10(13(17)19)2-3-12(11)16/h2-3,8H,4-7,9H2,1H3,(H2,17,19)(H,20,21). The second kappa shape index (κ2) is 5.81. The lowest BCUT2D eigenvalue weighted by Gasteiger charge is -2.36. The maximum absolute atomic E-state index is 13.8. The van der Waals surface area contributed by atoms with Gasteiger partial charge in [-0.2, -0.15) is 0 Å². The molecule has 5 nitrogen and oxygen atoms in total. The van der Waals surface area contributed by atoms with Gasteiger partial charge in [0.05, 0.1) is 5.41 Å². The predicted molar refractivity (Wildman–Crippen MR) is 75.2 cm³/mol. The first-order valence-corrected chi connectivity index (χ1v) is 6.86. The number of carboxylic acid groups (broad SMARTS) is 1. The fraction of sp³-hybridized carbons (Fsp3) is 0.467. The van der Waals surface area contributed by atoms with Gasteiger partial charge in [0.1, 0.15) is 5.82 Å². The molecule has 0 bridgehead atoms. The second-order valence-corrected chi connectivity index (χ2v) is 5.81. The Labute approximate surface area is 122 Å². The van der Waals surface area contributed by atoms with E-state index in [9.17, 15) is 19.1 Å². The highest BCUT2D eigenvalue weighted by Crippen LogP contribution is 2.31. The number of aliphatic carboxylic acids is 1. The highest BCUT2D eigenvalue weighted by molar-refractivity contribution is 5.92. The van der Waals surface area contributed by atoms with Crippen molar-refractivity contribution in [1.29, 1.82) is 0 Å². The molecule has 1 fully saturated rings. The van der Waals surface area contributed by atoms with E-state index in [2.05, 4.69) is 0 Å². The maximum Gasteiger partial charge on any atom is 0.309 e. The minimum Gasteiger partial charge on any atom is -0.481 e. The molecule has 1 heterocycles. The van der Waals surface area contributed by atoms with E-state index in [-0.39, 0.29) is 11.4 Å². The van der Waals surface area contributed by atoms with Crippen molar-refractivity contribution in [2.45, 2.75) is 26.3 Å². The van der Waals surface area contributed by atoms with Crippen molar-refractivity contribution < 1.29 is 19.1 Å². The summed E-state index contributed by atoms with van der Waals surface area (Å²) in [5.41, 5.74) is 5.17. The van der Waals surface area contributed by atoms with E-state index in [0.717, 1.165) is 0 Å². The third-order valence-electron chi connectivity index (χ3n) is 4.20. The number of amides is 1. The molecule has 0 radical (unpaired) electrons. The average Bonchev–Trinajstić information content (AvgIpc) is 2.43. The van der Waals surface area contributed by atoms with Crippen LogP contribution in [0.4, 0.5) is 4.39 Å². The highest BCUT2D eigenvalue weighted by Gasteiger charge is 2.36. The Balaban J connectivity index is 2.05. The average molecular weight is 294 g/mol. The number of hydrogen-bond acceptors (Lipinski definition) is 3. The van der Waals surface area contributed by atoms with E-state index in [1.165, 1.54) is 18.2 Å². The van der Waals surface area contributed by atoms with Gasteiger partial charge in [-0.15, -0.1) is 0 Å². The molecule has 1 aliphatic rings. The summed E-state index contributed by atoms with van der Waals surface area (Å²) >= 11 is 0. The number of benzene rings is 1. The third-order valence-corrected chi connectivity index (χ3v) is 4.20. The number of hydrogen-bond donors (Lipinski definition) is 2. The Morgan fingerprint density at radius 1 is 1.38 bits per heavy atom. The largest absolute Gasteiger partial charge is 0.481 e. The van der Waals surface area contributed by atoms with Gasteiger partial charge in [0, 0.05) is 17.7 Å². The van der Waals surface area contributed by atoms with Gasteiger partial charge in [-0.25, -0.2) is 4.39 Å². The molecule has 1 saturated heterocycles. The van der Waals surface area contributed by atoms with Crippen molar-refractivity contribution in [3.05, 3.63) is 35.1 Å². The van der Waals surface area contributed by atoms with Crippen LogP contribution in [0.1, 0.15) is 35.7 Å². The van der Waals surface area contributed by atoms with Gasteiger partial charge < -0.3 is 10.8 Å². The summed E-state index contributed by atoms with van der Waals surface area (Å²) in [6.07, 6.45) is 1.05. The van der Waals surface area contributed by atoms with Crippen molar-refractivity contribution >= 4 is 11.9 Å². The summed E-state index contributed by atoms with van der Waals surface area (Å²) < 4.78 is 13.8. The summed E-state index contributed by atoms with van der Waals surface area (Å²) in [5.74, 6) is -1.76. The molecular formula is C15H19FN2O3. The van der Waals surface area contributed by atoms with Crippen LogP contribution in [0, 0.1) is 11.2 Å². The number of carbonyl (C=O) groups excluding carboxylic acids is 1. The zero-order valence-electron chi connectivity index (χ0n) is 11.9. The molecule has 6 heteroatoms. The van der Waals surface area contributed by atoms with Crippen molar-refractivity contribution in [3.8, 4) is 0 Å². The number of nitrogens with two attached hydrogens (primary N) is 1. The molecular weight excluding hydrogens is 275 g/mol. The Morgan fingerprint density at radius 2 is 2.00 bits per heavy atom. The Bertz CT molecular complexity index is 566. The maximum atomic E-state index is 13.8. The van der Waals surface area contributed by atoms with Crippen LogP contribution >= 0.6 is 0 Å². The van der Waals surface area contributed by atoms with E-state index in [1.54, 1.807) is 6.92 Å². The quantitative estimate of drug-likeness (QED) is 0.883. The molecule has 114 valence electrons. The van der Waals surface area contributed by atoms with Crippen LogP contribution in [0.25, 0.3) is 0 Å². The lowest BCUT2D eigenvalue weighted by Crippen LogP contribution is -2.42. The zero-order valence-corrected chi connectivity index (χ0v) is 11.9. The summed E-state index contributed by atoms with van der Waals surface area (Å²) in [6, 6.07) is 4.06. The molecule has 1 aliphatic heterocycles. The monoisotopic (exact) mass is 294 g/mol. The van der Waals surface area contributed by atoms with Gasteiger partial charge in [-0.05, 0) is 51.1 Å². The lowest BCUT2D eigenvalue weighted by atomic mass is 9.80. The summed E-state index contributed by atoms with van der Waals surface area (Å²) in [7, 11) is 0. The van der Waals surface area contributed by atoms with E-state index < -0.39 is 17.3 Å². The molecule has 3 N–H and O–H groups in total. The van der Waals surface area contributed by atoms with Crippen LogP contribution < -0.4 is 5.73 Å². The zero-order chi connectivity index (χ0) is 15.6. The topological polar surface area (TPSA) is 83.6 Å². The molecule has 1 aromatic rings. The Kier molecular flexibility index (Phi) is 4.27. The van der Waals surface area contributed by atoms with Crippen molar-refractivity contribution in [2.24, 2.45) is 11.1 Å². The summed E-state index contributed by atoms with van der Waals surface area (Å²) in [6.45, 7) is 3.26. The minimum absolute atomic E-state index is 0.277. The van der Waals surface area contributed by atoms with Crippen LogP contribution in [0.15, 0.2) is 18.2 Å². The molecule has 0 saturated carbocycles. The smallest absolute Gasteiger partial charge is 0.309 e. The van der Waals surface area contributed by atoms with Gasteiger partial charge in [-0.3, -0.25) is 14.5 Å². The molecule has 2 rings (SSSR count). The number of carboxylic acids is 1. The van der Waals surface area contributed by atoms with Crippen LogP contribution in [0.5, 0.6) is 0 Å². The SMILES string of the molecule is CC1(C(=O)O)CCN(Cc2cc(C(N)=O)ccc2F)CC1. The van der Waals surface area contributed by atoms with Crippen molar-refractivity contribution in [1.82, 2.24) is 4.90 Å². The van der Waals surface area contributed by atoms with Gasteiger partial charge >= 0.3 is 5.97 Å². The lowest BCUT2D eigenvalue weighted by molar-refractivity contribution is -0.150. The molecule has 21 heavy (non-hydrogen) atoms. The number of nitrogens with zero attached hydrogens (tertiary/aromatic N) is 1. The van der Waals surface area contributed by atoms with Crippen molar-refractivity contribution in [3.63, 3.8) is 0 Å². The fourth-order valence-corrected chi connectivity index (χ4v) is 2.51. The van der Waals surface area contributed by atoms with Gasteiger partial charge in [-0.1, -0.05) is 0 Å². The van der Waals surface area contributed by atoms with Crippen LogP contribution in [-0.4, -0.2) is 35.0 Å². The molecule has 0 aromatic heterocycles. The molecule has 0 spiro atoms. The van der Waals surface area contributed by atoms with Crippen LogP contribution in [0.2, 0.25) is 0 Å². The van der Waals surface area contributed by atoms with E-state index in [1.807, 2.05) is 4.90 Å².